The van der Waals surface area contributed by atoms with Crippen LogP contribution in [0.5, 0.6) is 5.75 Å². The highest BCUT2D eigenvalue weighted by Crippen LogP contribution is 2.30. The van der Waals surface area contributed by atoms with E-state index in [2.05, 4.69) is 5.32 Å². The van der Waals surface area contributed by atoms with Crippen molar-refractivity contribution in [2.45, 2.75) is 0 Å². The zero-order chi connectivity index (χ0) is 13.9. The molecule has 0 unspecified atom stereocenters. The maximum absolute atomic E-state index is 11.6. The Morgan fingerprint density at radius 2 is 1.75 bits per heavy atom. The lowest BCUT2D eigenvalue weighted by Gasteiger charge is -2.12. The van der Waals surface area contributed by atoms with Crippen LogP contribution in [0.4, 0.5) is 11.4 Å². The molecular weight excluding hydrogens is 254 g/mol. The van der Waals surface area contributed by atoms with Gasteiger partial charge < -0.3 is 14.5 Å². The number of hydrogen-bond acceptors (Lipinski definition) is 4. The summed E-state index contributed by atoms with van der Waals surface area (Å²) >= 11 is 0. The Morgan fingerprint density at radius 3 is 2.60 bits per heavy atom. The molecule has 3 aromatic rings. The average Bonchev–Trinajstić information content (AvgIpc) is 2.47. The van der Waals surface area contributed by atoms with Crippen LogP contribution in [-0.4, -0.2) is 7.11 Å². The second-order valence-electron chi connectivity index (χ2n) is 4.30. The second-order valence-corrected chi connectivity index (χ2v) is 4.30. The highest BCUT2D eigenvalue weighted by molar-refractivity contribution is 5.91. The van der Waals surface area contributed by atoms with Gasteiger partial charge in [0.1, 0.15) is 11.3 Å². The summed E-state index contributed by atoms with van der Waals surface area (Å²) in [6, 6.07) is 16.4. The molecule has 1 N–H and O–H groups in total. The molecule has 2 aromatic carbocycles. The molecule has 4 nitrogen and oxygen atoms in total. The molecule has 0 atom stereocenters. The molecule has 100 valence electrons. The van der Waals surface area contributed by atoms with E-state index in [1.807, 2.05) is 42.5 Å². The Balaban J connectivity index is 2.13. The van der Waals surface area contributed by atoms with E-state index in [0.717, 1.165) is 11.1 Å². The number of benzene rings is 2. The van der Waals surface area contributed by atoms with Gasteiger partial charge in [-0.1, -0.05) is 24.3 Å². The topological polar surface area (TPSA) is 51.5 Å². The lowest BCUT2D eigenvalue weighted by molar-refractivity contribution is 0.417. The third-order valence-corrected chi connectivity index (χ3v) is 3.03. The van der Waals surface area contributed by atoms with E-state index in [1.165, 1.54) is 6.07 Å². The normalized spacial score (nSPS) is 10.4. The van der Waals surface area contributed by atoms with Crippen molar-refractivity contribution in [1.82, 2.24) is 0 Å². The van der Waals surface area contributed by atoms with Gasteiger partial charge >= 0.3 is 5.63 Å². The van der Waals surface area contributed by atoms with Crippen LogP contribution in [0, 0.1) is 0 Å². The Morgan fingerprint density at radius 1 is 1.00 bits per heavy atom. The first-order chi connectivity index (χ1) is 9.78. The fourth-order valence-electron chi connectivity index (χ4n) is 2.11. The number of ether oxygens (including phenoxy) is 1. The molecule has 0 radical (unpaired) electrons. The molecule has 4 heteroatoms. The van der Waals surface area contributed by atoms with Crippen molar-refractivity contribution in [2.75, 3.05) is 12.4 Å². The highest BCUT2D eigenvalue weighted by atomic mass is 16.5. The van der Waals surface area contributed by atoms with Gasteiger partial charge in [0, 0.05) is 11.5 Å². The molecule has 1 heterocycles. The van der Waals surface area contributed by atoms with Crippen molar-refractivity contribution in [1.29, 1.82) is 0 Å². The maximum atomic E-state index is 11.6. The van der Waals surface area contributed by atoms with Crippen LogP contribution >= 0.6 is 0 Å². The molecule has 0 amide bonds. The summed E-state index contributed by atoms with van der Waals surface area (Å²) in [5, 5.41) is 4.07. The number of anilines is 2. The monoisotopic (exact) mass is 267 g/mol. The van der Waals surface area contributed by atoms with E-state index in [1.54, 1.807) is 13.2 Å². The molecule has 0 fully saturated rings. The molecule has 0 aliphatic heterocycles. The molecule has 3 rings (SSSR count). The maximum Gasteiger partial charge on any atom is 0.338 e. The molecule has 0 saturated carbocycles. The summed E-state index contributed by atoms with van der Waals surface area (Å²) in [5.41, 5.74) is 1.66. The molecule has 0 aliphatic rings. The fourth-order valence-corrected chi connectivity index (χ4v) is 2.11. The average molecular weight is 267 g/mol. The largest absolute Gasteiger partial charge is 0.495 e. The van der Waals surface area contributed by atoms with Gasteiger partial charge in [-0.3, -0.25) is 0 Å². The van der Waals surface area contributed by atoms with Gasteiger partial charge in [-0.25, -0.2) is 4.79 Å². The van der Waals surface area contributed by atoms with Gasteiger partial charge in [0.15, 0.2) is 0 Å². The Kier molecular flexibility index (Phi) is 3.13. The van der Waals surface area contributed by atoms with Gasteiger partial charge in [-0.05, 0) is 24.3 Å². The lowest BCUT2D eigenvalue weighted by Crippen LogP contribution is -2.01. The van der Waals surface area contributed by atoms with Crippen LogP contribution in [0.3, 0.4) is 0 Å². The number of hydrogen-bond donors (Lipinski definition) is 1. The summed E-state index contributed by atoms with van der Waals surface area (Å²) in [5.74, 6) is 0.713. The van der Waals surface area contributed by atoms with Crippen LogP contribution in [0.1, 0.15) is 0 Å². The summed E-state index contributed by atoms with van der Waals surface area (Å²) in [6.07, 6.45) is 0. The minimum Gasteiger partial charge on any atom is -0.495 e. The van der Waals surface area contributed by atoms with E-state index < -0.39 is 0 Å². The Bertz CT molecular complexity index is 808. The standard InChI is InChI=1S/C16H13NO3/c1-19-15-9-5-3-7-12(15)17-13-10-16(18)20-14-8-4-2-6-11(13)14/h2-10,17H,1H3. The van der Waals surface area contributed by atoms with Crippen LogP contribution in [0.15, 0.2) is 63.8 Å². The zero-order valence-electron chi connectivity index (χ0n) is 10.9. The minimum atomic E-state index is -0.388. The molecule has 1 aromatic heterocycles. The van der Waals surface area contributed by atoms with E-state index in [4.69, 9.17) is 9.15 Å². The van der Waals surface area contributed by atoms with Gasteiger partial charge in [0.05, 0.1) is 18.5 Å². The second kappa shape index (κ2) is 5.09. The third kappa shape index (κ3) is 2.23. The third-order valence-electron chi connectivity index (χ3n) is 3.03. The van der Waals surface area contributed by atoms with Crippen LogP contribution in [0.25, 0.3) is 11.0 Å². The van der Waals surface area contributed by atoms with E-state index >= 15 is 0 Å². The molecule has 0 aliphatic carbocycles. The van der Waals surface area contributed by atoms with Crippen LogP contribution < -0.4 is 15.7 Å². The van der Waals surface area contributed by atoms with Crippen molar-refractivity contribution >= 4 is 22.3 Å². The Hall–Kier alpha value is -2.75. The van der Waals surface area contributed by atoms with Gasteiger partial charge in [0.2, 0.25) is 0 Å². The SMILES string of the molecule is COc1ccccc1Nc1cc(=O)oc2ccccc12. The van der Waals surface area contributed by atoms with Gasteiger partial charge in [-0.15, -0.1) is 0 Å². The smallest absolute Gasteiger partial charge is 0.338 e. The number of rotatable bonds is 3. The molecule has 20 heavy (non-hydrogen) atoms. The van der Waals surface area contributed by atoms with Crippen molar-refractivity contribution in [3.05, 3.63) is 65.0 Å². The first-order valence-corrected chi connectivity index (χ1v) is 6.21. The predicted octanol–water partition coefficient (Wildman–Crippen LogP) is 3.55. The quantitative estimate of drug-likeness (QED) is 0.737. The summed E-state index contributed by atoms with van der Waals surface area (Å²) in [7, 11) is 1.61. The molecule has 0 bridgehead atoms. The first-order valence-electron chi connectivity index (χ1n) is 6.21. The zero-order valence-corrected chi connectivity index (χ0v) is 10.9. The highest BCUT2D eigenvalue weighted by Gasteiger charge is 2.07. The first kappa shape index (κ1) is 12.3. The number of para-hydroxylation sites is 3. The van der Waals surface area contributed by atoms with Gasteiger partial charge in [0.25, 0.3) is 0 Å². The predicted molar refractivity (Wildman–Crippen MR) is 78.8 cm³/mol. The van der Waals surface area contributed by atoms with Gasteiger partial charge in [-0.2, -0.15) is 0 Å². The van der Waals surface area contributed by atoms with Crippen molar-refractivity contribution in [3.63, 3.8) is 0 Å². The number of methoxy groups -OCH3 is 1. The van der Waals surface area contributed by atoms with Crippen LogP contribution in [-0.2, 0) is 0 Å². The molecule has 0 saturated heterocycles. The molecule has 0 spiro atoms. The number of fused-ring (bicyclic) bond motifs is 1. The number of nitrogens with one attached hydrogen (secondary N) is 1. The van der Waals surface area contributed by atoms with Crippen molar-refractivity contribution in [3.8, 4) is 5.75 Å². The van der Waals surface area contributed by atoms with Crippen molar-refractivity contribution in [2.24, 2.45) is 0 Å². The van der Waals surface area contributed by atoms with E-state index in [9.17, 15) is 4.79 Å². The summed E-state index contributed by atoms with van der Waals surface area (Å²) in [4.78, 5) is 11.6. The van der Waals surface area contributed by atoms with Crippen molar-refractivity contribution < 1.29 is 9.15 Å². The summed E-state index contributed by atoms with van der Waals surface area (Å²) in [6.45, 7) is 0. The van der Waals surface area contributed by atoms with E-state index in [0.29, 0.717) is 17.0 Å². The minimum absolute atomic E-state index is 0.388. The Labute approximate surface area is 115 Å². The van der Waals surface area contributed by atoms with Crippen LogP contribution in [0.2, 0.25) is 0 Å². The summed E-state index contributed by atoms with van der Waals surface area (Å²) < 4.78 is 10.5. The van der Waals surface area contributed by atoms with E-state index in [-0.39, 0.29) is 5.63 Å². The molecular formula is C16H13NO3. The fraction of sp³-hybridized carbons (Fsp3) is 0.0625. The lowest BCUT2D eigenvalue weighted by atomic mass is 10.2.